The molecule has 0 amide bonds. The highest BCUT2D eigenvalue weighted by Gasteiger charge is 2.11. The lowest BCUT2D eigenvalue weighted by molar-refractivity contribution is 0.112. The summed E-state index contributed by atoms with van der Waals surface area (Å²) in [4.78, 5) is 11.6. The first-order valence-corrected chi connectivity index (χ1v) is 5.33. The standard InChI is InChI=1S/C10H8O2S2/c1-12-9-6(5-11)4-8(13)7-2-3-14-10(7)9/h2-5,13H,1H3. The third kappa shape index (κ3) is 1.31. The van der Waals surface area contributed by atoms with Gasteiger partial charge in [-0.1, -0.05) is 0 Å². The van der Waals surface area contributed by atoms with Crippen LogP contribution in [0.5, 0.6) is 5.75 Å². The number of aldehydes is 1. The average molecular weight is 224 g/mol. The van der Waals surface area contributed by atoms with Gasteiger partial charge in [0.25, 0.3) is 0 Å². The zero-order chi connectivity index (χ0) is 10.1. The van der Waals surface area contributed by atoms with E-state index < -0.39 is 0 Å². The molecule has 0 spiro atoms. The third-order valence-corrected chi connectivity index (χ3v) is 3.32. The monoisotopic (exact) mass is 224 g/mol. The molecule has 4 heteroatoms. The number of rotatable bonds is 2. The van der Waals surface area contributed by atoms with Gasteiger partial charge < -0.3 is 4.74 Å². The lowest BCUT2D eigenvalue weighted by atomic mass is 10.1. The van der Waals surface area contributed by atoms with Gasteiger partial charge in [-0.3, -0.25) is 4.79 Å². The van der Waals surface area contributed by atoms with E-state index in [0.29, 0.717) is 11.3 Å². The number of thiol groups is 1. The van der Waals surface area contributed by atoms with E-state index in [0.717, 1.165) is 21.3 Å². The summed E-state index contributed by atoms with van der Waals surface area (Å²) >= 11 is 5.87. The summed E-state index contributed by atoms with van der Waals surface area (Å²) in [7, 11) is 1.57. The molecule has 0 atom stereocenters. The van der Waals surface area contributed by atoms with E-state index in [2.05, 4.69) is 12.6 Å². The summed E-state index contributed by atoms with van der Waals surface area (Å²) in [5, 5.41) is 2.99. The minimum Gasteiger partial charge on any atom is -0.494 e. The number of hydrogen-bond donors (Lipinski definition) is 1. The molecule has 0 N–H and O–H groups in total. The van der Waals surface area contributed by atoms with Crippen molar-refractivity contribution in [1.29, 1.82) is 0 Å². The maximum absolute atomic E-state index is 10.8. The summed E-state index contributed by atoms with van der Waals surface area (Å²) in [6.07, 6.45) is 0.789. The molecule has 2 aromatic rings. The maximum Gasteiger partial charge on any atom is 0.153 e. The number of benzene rings is 1. The Hall–Kier alpha value is -1.00. The predicted octanol–water partition coefficient (Wildman–Crippen LogP) is 3.01. The first-order chi connectivity index (χ1) is 6.77. The molecule has 0 aliphatic heterocycles. The van der Waals surface area contributed by atoms with Gasteiger partial charge in [0, 0.05) is 10.3 Å². The molecule has 2 nitrogen and oxygen atoms in total. The lowest BCUT2D eigenvalue weighted by Crippen LogP contribution is -1.90. The fourth-order valence-electron chi connectivity index (χ4n) is 1.41. The van der Waals surface area contributed by atoms with Crippen LogP contribution >= 0.6 is 24.0 Å². The van der Waals surface area contributed by atoms with Gasteiger partial charge in [-0.05, 0) is 17.5 Å². The Labute approximate surface area is 90.9 Å². The summed E-state index contributed by atoms with van der Waals surface area (Å²) in [6.45, 7) is 0. The molecule has 2 rings (SSSR count). The van der Waals surface area contributed by atoms with Gasteiger partial charge >= 0.3 is 0 Å². The number of carbonyl (C=O) groups is 1. The average Bonchev–Trinajstić information content (AvgIpc) is 2.66. The summed E-state index contributed by atoms with van der Waals surface area (Å²) in [5.74, 6) is 0.641. The van der Waals surface area contributed by atoms with Crippen LogP contribution in [0.1, 0.15) is 10.4 Å². The number of hydrogen-bond acceptors (Lipinski definition) is 4. The van der Waals surface area contributed by atoms with E-state index in [-0.39, 0.29) is 0 Å². The number of carbonyl (C=O) groups excluding carboxylic acids is 1. The van der Waals surface area contributed by atoms with Crippen molar-refractivity contribution in [3.05, 3.63) is 23.1 Å². The van der Waals surface area contributed by atoms with Gasteiger partial charge in [0.05, 0.1) is 17.4 Å². The van der Waals surface area contributed by atoms with E-state index in [1.165, 1.54) is 0 Å². The molecule has 1 aromatic heterocycles. The van der Waals surface area contributed by atoms with E-state index in [4.69, 9.17) is 4.74 Å². The normalized spacial score (nSPS) is 10.4. The van der Waals surface area contributed by atoms with Gasteiger partial charge in [-0.15, -0.1) is 24.0 Å². The molecule has 0 saturated carbocycles. The molecule has 0 bridgehead atoms. The minimum absolute atomic E-state index is 0.549. The molecule has 14 heavy (non-hydrogen) atoms. The second kappa shape index (κ2) is 3.63. The van der Waals surface area contributed by atoms with Crippen LogP contribution in [0.2, 0.25) is 0 Å². The first-order valence-electron chi connectivity index (χ1n) is 4.00. The molecular formula is C10H8O2S2. The Morgan fingerprint density at radius 2 is 2.36 bits per heavy atom. The van der Waals surface area contributed by atoms with Crippen molar-refractivity contribution in [3.8, 4) is 5.75 Å². The summed E-state index contributed by atoms with van der Waals surface area (Å²) < 4.78 is 6.18. The molecule has 1 aromatic carbocycles. The fraction of sp³-hybridized carbons (Fsp3) is 0.100. The van der Waals surface area contributed by atoms with Crippen LogP contribution in [0.15, 0.2) is 22.4 Å². The van der Waals surface area contributed by atoms with E-state index in [1.807, 2.05) is 11.4 Å². The Bertz CT molecular complexity index is 488. The van der Waals surface area contributed by atoms with Crippen LogP contribution < -0.4 is 4.74 Å². The van der Waals surface area contributed by atoms with Gasteiger partial charge in [0.15, 0.2) is 6.29 Å². The smallest absolute Gasteiger partial charge is 0.153 e. The molecule has 72 valence electrons. The van der Waals surface area contributed by atoms with Crippen LogP contribution in [0.3, 0.4) is 0 Å². The van der Waals surface area contributed by atoms with Crippen LogP contribution in [0.25, 0.3) is 10.1 Å². The topological polar surface area (TPSA) is 26.3 Å². The van der Waals surface area contributed by atoms with E-state index >= 15 is 0 Å². The van der Waals surface area contributed by atoms with Crippen molar-refractivity contribution < 1.29 is 9.53 Å². The zero-order valence-electron chi connectivity index (χ0n) is 7.48. The molecule has 0 fully saturated rings. The van der Waals surface area contributed by atoms with Crippen LogP contribution in [-0.2, 0) is 0 Å². The van der Waals surface area contributed by atoms with Crippen LogP contribution in [0, 0.1) is 0 Å². The Kier molecular flexibility index (Phi) is 2.48. The number of thiophene rings is 1. The van der Waals surface area contributed by atoms with Crippen molar-refractivity contribution in [2.45, 2.75) is 4.90 Å². The Morgan fingerprint density at radius 1 is 1.57 bits per heavy atom. The van der Waals surface area contributed by atoms with E-state index in [9.17, 15) is 4.79 Å². The first kappa shape index (κ1) is 9.55. The fourth-order valence-corrected chi connectivity index (χ4v) is 2.76. The number of methoxy groups -OCH3 is 1. The second-order valence-electron chi connectivity index (χ2n) is 2.80. The van der Waals surface area contributed by atoms with Crippen LogP contribution in [-0.4, -0.2) is 13.4 Å². The highest BCUT2D eigenvalue weighted by molar-refractivity contribution is 7.80. The number of fused-ring (bicyclic) bond motifs is 1. The maximum atomic E-state index is 10.8. The third-order valence-electron chi connectivity index (χ3n) is 2.03. The number of ether oxygens (including phenoxy) is 1. The summed E-state index contributed by atoms with van der Waals surface area (Å²) in [6, 6.07) is 3.70. The van der Waals surface area contributed by atoms with E-state index in [1.54, 1.807) is 24.5 Å². The van der Waals surface area contributed by atoms with Crippen molar-refractivity contribution >= 4 is 40.3 Å². The SMILES string of the molecule is COc1c(C=O)cc(S)c2ccsc12. The van der Waals surface area contributed by atoms with Crippen molar-refractivity contribution in [1.82, 2.24) is 0 Å². The Balaban J connectivity index is 2.88. The highest BCUT2D eigenvalue weighted by Crippen LogP contribution is 2.37. The molecule has 0 aliphatic rings. The quantitative estimate of drug-likeness (QED) is 0.627. The molecule has 0 radical (unpaired) electrons. The Morgan fingerprint density at radius 3 is 3.00 bits per heavy atom. The molecule has 1 heterocycles. The molecule has 0 saturated heterocycles. The largest absolute Gasteiger partial charge is 0.494 e. The zero-order valence-corrected chi connectivity index (χ0v) is 9.19. The van der Waals surface area contributed by atoms with Gasteiger partial charge in [0.1, 0.15) is 5.75 Å². The highest BCUT2D eigenvalue weighted by atomic mass is 32.1. The van der Waals surface area contributed by atoms with Gasteiger partial charge in [-0.2, -0.15) is 0 Å². The molecule has 0 unspecified atom stereocenters. The second-order valence-corrected chi connectivity index (χ2v) is 4.20. The van der Waals surface area contributed by atoms with Gasteiger partial charge in [-0.25, -0.2) is 0 Å². The lowest BCUT2D eigenvalue weighted by Gasteiger charge is -2.06. The van der Waals surface area contributed by atoms with Crippen molar-refractivity contribution in [2.24, 2.45) is 0 Å². The van der Waals surface area contributed by atoms with Crippen molar-refractivity contribution in [3.63, 3.8) is 0 Å². The molecule has 0 aliphatic carbocycles. The van der Waals surface area contributed by atoms with Crippen molar-refractivity contribution in [2.75, 3.05) is 7.11 Å². The molecular weight excluding hydrogens is 216 g/mol. The summed E-state index contributed by atoms with van der Waals surface area (Å²) in [5.41, 5.74) is 0.549. The van der Waals surface area contributed by atoms with Gasteiger partial charge in [0.2, 0.25) is 0 Å². The minimum atomic E-state index is 0.549. The predicted molar refractivity (Wildman–Crippen MR) is 61.0 cm³/mol. The van der Waals surface area contributed by atoms with Crippen LogP contribution in [0.4, 0.5) is 0 Å².